The highest BCUT2D eigenvalue weighted by Crippen LogP contribution is 2.30. The largest absolute Gasteiger partial charge is 0.314 e. The summed E-state index contributed by atoms with van der Waals surface area (Å²) >= 11 is 0. The number of unbranched alkanes of at least 4 members (excludes halogenated alkanes) is 5. The summed E-state index contributed by atoms with van der Waals surface area (Å²) in [7, 11) is 0. The van der Waals surface area contributed by atoms with Gasteiger partial charge in [0.25, 0.3) is 0 Å². The molecule has 1 nitrogen and oxygen atoms in total. The molecule has 96 valence electrons. The second kappa shape index (κ2) is 9.04. The number of hydrogen-bond acceptors (Lipinski definition) is 1. The lowest BCUT2D eigenvalue weighted by molar-refractivity contribution is 0.370. The van der Waals surface area contributed by atoms with Crippen LogP contribution in [0.2, 0.25) is 0 Å². The third kappa shape index (κ3) is 5.34. The minimum absolute atomic E-state index is 0.848. The van der Waals surface area contributed by atoms with Crippen molar-refractivity contribution in [2.45, 2.75) is 84.1 Å². The topological polar surface area (TPSA) is 12.0 Å². The molecule has 0 spiro atoms. The first-order valence-corrected chi connectivity index (χ1v) is 7.61. The van der Waals surface area contributed by atoms with E-state index in [1.165, 1.54) is 64.2 Å². The molecule has 0 aliphatic heterocycles. The van der Waals surface area contributed by atoms with Crippen LogP contribution < -0.4 is 5.32 Å². The van der Waals surface area contributed by atoms with Crippen LogP contribution in [0.25, 0.3) is 0 Å². The quantitative estimate of drug-likeness (QED) is 0.569. The van der Waals surface area contributed by atoms with Crippen molar-refractivity contribution in [2.75, 3.05) is 6.54 Å². The lowest BCUT2D eigenvalue weighted by Crippen LogP contribution is -2.32. The van der Waals surface area contributed by atoms with Gasteiger partial charge in [-0.1, -0.05) is 58.8 Å². The zero-order valence-electron chi connectivity index (χ0n) is 11.4. The van der Waals surface area contributed by atoms with Crippen molar-refractivity contribution in [1.82, 2.24) is 5.32 Å². The lowest BCUT2D eigenvalue weighted by atomic mass is 9.95. The first-order chi connectivity index (χ1) is 7.88. The van der Waals surface area contributed by atoms with Crippen LogP contribution in [0.1, 0.15) is 78.1 Å². The molecule has 1 aliphatic carbocycles. The predicted octanol–water partition coefficient (Wildman–Crippen LogP) is 4.52. The summed E-state index contributed by atoms with van der Waals surface area (Å²) in [5.74, 6) is 0.992. The molecule has 0 aromatic carbocycles. The Kier molecular flexibility index (Phi) is 7.92. The van der Waals surface area contributed by atoms with Crippen molar-refractivity contribution >= 4 is 0 Å². The van der Waals surface area contributed by atoms with Gasteiger partial charge >= 0.3 is 0 Å². The predicted molar refractivity (Wildman–Crippen MR) is 72.8 cm³/mol. The van der Waals surface area contributed by atoms with Gasteiger partial charge in [-0.2, -0.15) is 0 Å². The standard InChI is InChI=1S/C15H31N/c1-3-5-6-7-8-9-11-14-12-10-13-15(14)16-4-2/h14-16H,3-13H2,1-2H3. The molecule has 0 heterocycles. The average Bonchev–Trinajstić information content (AvgIpc) is 2.72. The number of hydrogen-bond donors (Lipinski definition) is 1. The highest BCUT2D eigenvalue weighted by atomic mass is 14.9. The van der Waals surface area contributed by atoms with Crippen LogP contribution in [0.5, 0.6) is 0 Å². The molecule has 1 saturated carbocycles. The molecular weight excluding hydrogens is 194 g/mol. The second-order valence-electron chi connectivity index (χ2n) is 5.41. The molecule has 0 saturated heterocycles. The molecular formula is C15H31N. The molecule has 0 bridgehead atoms. The highest BCUT2D eigenvalue weighted by Gasteiger charge is 2.25. The Hall–Kier alpha value is -0.0400. The van der Waals surface area contributed by atoms with Gasteiger partial charge in [0.15, 0.2) is 0 Å². The summed E-state index contributed by atoms with van der Waals surface area (Å²) in [6, 6.07) is 0.848. The van der Waals surface area contributed by atoms with Gasteiger partial charge in [0.2, 0.25) is 0 Å². The molecule has 0 aromatic heterocycles. The molecule has 1 fully saturated rings. The number of nitrogens with one attached hydrogen (secondary N) is 1. The van der Waals surface area contributed by atoms with Crippen molar-refractivity contribution in [2.24, 2.45) is 5.92 Å². The number of rotatable bonds is 9. The van der Waals surface area contributed by atoms with Crippen LogP contribution in [-0.2, 0) is 0 Å². The van der Waals surface area contributed by atoms with Gasteiger partial charge in [0, 0.05) is 6.04 Å². The van der Waals surface area contributed by atoms with E-state index in [1.54, 1.807) is 0 Å². The minimum Gasteiger partial charge on any atom is -0.314 e. The van der Waals surface area contributed by atoms with Crippen molar-refractivity contribution in [3.05, 3.63) is 0 Å². The Morgan fingerprint density at radius 1 is 0.938 bits per heavy atom. The van der Waals surface area contributed by atoms with Gasteiger partial charge < -0.3 is 5.32 Å². The van der Waals surface area contributed by atoms with Crippen molar-refractivity contribution in [3.8, 4) is 0 Å². The van der Waals surface area contributed by atoms with E-state index in [0.717, 1.165) is 18.5 Å². The van der Waals surface area contributed by atoms with E-state index in [-0.39, 0.29) is 0 Å². The van der Waals surface area contributed by atoms with Gasteiger partial charge in [-0.15, -0.1) is 0 Å². The minimum atomic E-state index is 0.848. The van der Waals surface area contributed by atoms with Crippen LogP contribution in [-0.4, -0.2) is 12.6 Å². The summed E-state index contributed by atoms with van der Waals surface area (Å²) in [5, 5.41) is 3.66. The van der Waals surface area contributed by atoms with Gasteiger partial charge in [-0.3, -0.25) is 0 Å². The fourth-order valence-corrected chi connectivity index (χ4v) is 3.10. The van der Waals surface area contributed by atoms with E-state index in [9.17, 15) is 0 Å². The molecule has 2 atom stereocenters. The summed E-state index contributed by atoms with van der Waals surface area (Å²) in [6.45, 7) is 5.68. The van der Waals surface area contributed by atoms with Crippen LogP contribution >= 0.6 is 0 Å². The van der Waals surface area contributed by atoms with Gasteiger partial charge in [0.1, 0.15) is 0 Å². The maximum Gasteiger partial charge on any atom is 0.00952 e. The Morgan fingerprint density at radius 3 is 2.44 bits per heavy atom. The Balaban J connectivity index is 1.99. The third-order valence-electron chi connectivity index (χ3n) is 4.05. The van der Waals surface area contributed by atoms with Crippen LogP contribution in [0.15, 0.2) is 0 Å². The fourth-order valence-electron chi connectivity index (χ4n) is 3.10. The van der Waals surface area contributed by atoms with E-state index in [0.29, 0.717) is 0 Å². The first kappa shape index (κ1) is 14.0. The SMILES string of the molecule is CCCCCCCCC1CCCC1NCC. The summed E-state index contributed by atoms with van der Waals surface area (Å²) in [5.41, 5.74) is 0. The highest BCUT2D eigenvalue weighted by molar-refractivity contribution is 4.82. The molecule has 16 heavy (non-hydrogen) atoms. The lowest BCUT2D eigenvalue weighted by Gasteiger charge is -2.20. The van der Waals surface area contributed by atoms with E-state index in [1.807, 2.05) is 0 Å². The van der Waals surface area contributed by atoms with E-state index in [4.69, 9.17) is 0 Å². The summed E-state index contributed by atoms with van der Waals surface area (Å²) in [4.78, 5) is 0. The molecule has 1 N–H and O–H groups in total. The molecule has 1 aliphatic rings. The second-order valence-corrected chi connectivity index (χ2v) is 5.41. The fraction of sp³-hybridized carbons (Fsp3) is 1.00. The summed E-state index contributed by atoms with van der Waals surface area (Å²) in [6.07, 6.45) is 14.5. The van der Waals surface area contributed by atoms with Crippen molar-refractivity contribution < 1.29 is 0 Å². The molecule has 1 heteroatoms. The molecule has 0 aromatic rings. The van der Waals surface area contributed by atoms with Crippen LogP contribution in [0.4, 0.5) is 0 Å². The molecule has 0 radical (unpaired) electrons. The average molecular weight is 225 g/mol. The normalized spacial score (nSPS) is 25.1. The zero-order chi connectivity index (χ0) is 11.6. The van der Waals surface area contributed by atoms with Crippen molar-refractivity contribution in [1.29, 1.82) is 0 Å². The van der Waals surface area contributed by atoms with E-state index >= 15 is 0 Å². The van der Waals surface area contributed by atoms with E-state index < -0.39 is 0 Å². The maximum absolute atomic E-state index is 3.66. The molecule has 1 rings (SSSR count). The molecule has 2 unspecified atom stereocenters. The van der Waals surface area contributed by atoms with Gasteiger partial charge in [0.05, 0.1) is 0 Å². The Labute approximate surface area is 102 Å². The molecule has 0 amide bonds. The van der Waals surface area contributed by atoms with Gasteiger partial charge in [-0.05, 0) is 31.7 Å². The monoisotopic (exact) mass is 225 g/mol. The van der Waals surface area contributed by atoms with Crippen LogP contribution in [0.3, 0.4) is 0 Å². The Bertz CT molecular complexity index is 156. The first-order valence-electron chi connectivity index (χ1n) is 7.61. The Morgan fingerprint density at radius 2 is 1.69 bits per heavy atom. The van der Waals surface area contributed by atoms with E-state index in [2.05, 4.69) is 19.2 Å². The van der Waals surface area contributed by atoms with Crippen molar-refractivity contribution in [3.63, 3.8) is 0 Å². The smallest absolute Gasteiger partial charge is 0.00952 e. The van der Waals surface area contributed by atoms with Gasteiger partial charge in [-0.25, -0.2) is 0 Å². The zero-order valence-corrected chi connectivity index (χ0v) is 11.4. The van der Waals surface area contributed by atoms with Crippen LogP contribution in [0, 0.1) is 5.92 Å². The summed E-state index contributed by atoms with van der Waals surface area (Å²) < 4.78 is 0. The third-order valence-corrected chi connectivity index (χ3v) is 4.05. The maximum atomic E-state index is 3.66.